The molecule has 4 rings (SSSR count). The molecule has 0 bridgehead atoms. The Morgan fingerprint density at radius 2 is 0.636 bits per heavy atom. The van der Waals surface area contributed by atoms with Gasteiger partial charge in [-0.15, -0.1) is 0 Å². The molecular formula is C28H30Br2NiP2. The summed E-state index contributed by atoms with van der Waals surface area (Å²) in [7, 11) is 0.953. The zero-order valence-electron chi connectivity index (χ0n) is 18.9. The molecule has 0 fully saturated rings. The Hall–Kier alpha value is -0.806. The number of benzene rings is 4. The molecule has 0 aliphatic carbocycles. The van der Waals surface area contributed by atoms with Crippen molar-refractivity contribution in [3.63, 3.8) is 0 Å². The van der Waals surface area contributed by atoms with Gasteiger partial charge in [-0.2, -0.15) is 0 Å². The fourth-order valence-electron chi connectivity index (χ4n) is 3.46. The van der Waals surface area contributed by atoms with Crippen molar-refractivity contribution in [3.05, 3.63) is 121 Å². The van der Waals surface area contributed by atoms with Crippen LogP contribution in [0.25, 0.3) is 0 Å². The van der Waals surface area contributed by atoms with E-state index < -0.39 is 0 Å². The van der Waals surface area contributed by atoms with Crippen LogP contribution in [0.4, 0.5) is 0 Å². The van der Waals surface area contributed by atoms with Crippen LogP contribution in [-0.2, 0) is 10.9 Å². The molecule has 0 N–H and O–H groups in total. The van der Waals surface area contributed by atoms with E-state index >= 15 is 0 Å². The third-order valence-electron chi connectivity index (χ3n) is 4.90. The molecule has 0 atom stereocenters. The van der Waals surface area contributed by atoms with Crippen molar-refractivity contribution in [2.45, 2.75) is 13.8 Å². The van der Waals surface area contributed by atoms with Crippen molar-refractivity contribution in [2.24, 2.45) is 0 Å². The Morgan fingerprint density at radius 3 is 0.788 bits per heavy atom. The van der Waals surface area contributed by atoms with Crippen LogP contribution in [-0.4, -0.2) is 12.3 Å². The van der Waals surface area contributed by atoms with Gasteiger partial charge in [0.1, 0.15) is 0 Å². The van der Waals surface area contributed by atoms with E-state index in [0.717, 1.165) is 0 Å². The third kappa shape index (κ3) is 10.1. The van der Waals surface area contributed by atoms with Gasteiger partial charge in [-0.3, -0.25) is 0 Å². The summed E-state index contributed by atoms with van der Waals surface area (Å²) in [5.41, 5.74) is 0. The van der Waals surface area contributed by atoms with Gasteiger partial charge in [-0.05, 0) is 49.4 Å². The van der Waals surface area contributed by atoms with E-state index in [2.05, 4.69) is 164 Å². The summed E-state index contributed by atoms with van der Waals surface area (Å²) in [6, 6.07) is 43.3. The summed E-state index contributed by atoms with van der Waals surface area (Å²) in [6.07, 6.45) is 2.42. The minimum atomic E-state index is -0.149. The molecule has 0 aromatic heterocycles. The maximum atomic E-state index is 3.00. The minimum absolute atomic E-state index is 0.149. The monoisotopic (exact) mass is 644 g/mol. The summed E-state index contributed by atoms with van der Waals surface area (Å²) < 4.78 is 0. The van der Waals surface area contributed by atoms with E-state index in [1.165, 1.54) is 44.4 Å². The van der Waals surface area contributed by atoms with Crippen LogP contribution in [0.5, 0.6) is 0 Å². The SMILES string of the molecule is CCP(c1ccccc1)c1ccccc1.CCP(c1ccccc1)c1ccccc1.[Br][Ni][Br]. The van der Waals surface area contributed by atoms with Crippen LogP contribution < -0.4 is 21.2 Å². The zero-order valence-corrected chi connectivity index (χ0v) is 24.9. The quantitative estimate of drug-likeness (QED) is 0.147. The van der Waals surface area contributed by atoms with Gasteiger partial charge in [0, 0.05) is 0 Å². The average molecular weight is 647 g/mol. The van der Waals surface area contributed by atoms with Crippen molar-refractivity contribution in [1.29, 1.82) is 0 Å². The van der Waals surface area contributed by atoms with Crippen molar-refractivity contribution < 1.29 is 10.9 Å². The molecule has 0 aliphatic heterocycles. The Balaban J connectivity index is 0.000000209. The zero-order chi connectivity index (χ0) is 23.7. The Morgan fingerprint density at radius 1 is 0.455 bits per heavy atom. The molecule has 0 radical (unpaired) electrons. The van der Waals surface area contributed by atoms with E-state index in [0.29, 0.717) is 0 Å². The molecule has 0 saturated heterocycles. The molecule has 0 unspecified atom stereocenters. The first kappa shape index (κ1) is 28.4. The Labute approximate surface area is 222 Å². The molecule has 5 heteroatoms. The Kier molecular flexibility index (Phi) is 15.2. The molecule has 33 heavy (non-hydrogen) atoms. The van der Waals surface area contributed by atoms with Gasteiger partial charge < -0.3 is 0 Å². The molecular weight excluding hydrogens is 617 g/mol. The van der Waals surface area contributed by atoms with Crippen LogP contribution in [0.15, 0.2) is 121 Å². The summed E-state index contributed by atoms with van der Waals surface area (Å²) in [4.78, 5) is 0. The van der Waals surface area contributed by atoms with E-state index in [9.17, 15) is 0 Å². The second kappa shape index (κ2) is 17.6. The molecule has 0 amide bonds. The van der Waals surface area contributed by atoms with E-state index in [-0.39, 0.29) is 15.8 Å². The summed E-state index contributed by atoms with van der Waals surface area (Å²) in [6.45, 7) is 4.54. The van der Waals surface area contributed by atoms with Gasteiger partial charge in [-0.25, -0.2) is 0 Å². The standard InChI is InChI=1S/2C14H15P.2BrH.Ni/c2*1-2-15(13-9-5-3-6-10-13)14-11-7-4-8-12-14;;;/h2*3-12H,2H2,1H3;2*1H;/q;;;;+2/p-2. The van der Waals surface area contributed by atoms with Gasteiger partial charge in [0.05, 0.1) is 0 Å². The predicted molar refractivity (Wildman–Crippen MR) is 157 cm³/mol. The van der Waals surface area contributed by atoms with Gasteiger partial charge >= 0.3 is 39.3 Å². The van der Waals surface area contributed by atoms with Gasteiger partial charge in [0.25, 0.3) is 0 Å². The third-order valence-corrected chi connectivity index (χ3v) is 9.85. The van der Waals surface area contributed by atoms with Crippen molar-refractivity contribution in [3.8, 4) is 0 Å². The summed E-state index contributed by atoms with van der Waals surface area (Å²) in [5.74, 6) is 0. The van der Waals surface area contributed by atoms with Gasteiger partial charge in [0.15, 0.2) is 0 Å². The van der Waals surface area contributed by atoms with Crippen LogP contribution in [0, 0.1) is 0 Å². The van der Waals surface area contributed by atoms with Gasteiger partial charge in [0.2, 0.25) is 0 Å². The molecule has 4 aromatic rings. The average Bonchev–Trinajstić information content (AvgIpc) is 2.89. The van der Waals surface area contributed by atoms with E-state index in [1.54, 1.807) is 0 Å². The molecule has 0 nitrogen and oxygen atoms in total. The van der Waals surface area contributed by atoms with Crippen LogP contribution in [0.1, 0.15) is 13.8 Å². The first-order valence-electron chi connectivity index (χ1n) is 10.8. The second-order valence-corrected chi connectivity index (χ2v) is 16.9. The van der Waals surface area contributed by atoms with E-state index in [1.807, 2.05) is 0 Å². The van der Waals surface area contributed by atoms with Crippen molar-refractivity contribution in [2.75, 3.05) is 12.3 Å². The number of halogens is 2. The molecule has 0 heterocycles. The fourth-order valence-corrected chi connectivity index (χ4v) is 7.65. The molecule has 176 valence electrons. The molecule has 0 aliphatic rings. The molecule has 0 spiro atoms. The van der Waals surface area contributed by atoms with Crippen LogP contribution >= 0.6 is 44.3 Å². The normalized spacial score (nSPS) is 10.2. The predicted octanol–water partition coefficient (Wildman–Crippen LogP) is 7.97. The second-order valence-electron chi connectivity index (χ2n) is 6.88. The molecule has 4 aromatic carbocycles. The fraction of sp³-hybridized carbons (Fsp3) is 0.143. The summed E-state index contributed by atoms with van der Waals surface area (Å²) in [5, 5.41) is 5.89. The van der Waals surface area contributed by atoms with E-state index in [4.69, 9.17) is 0 Å². The van der Waals surface area contributed by atoms with Crippen LogP contribution in [0.2, 0.25) is 0 Å². The Bertz CT molecular complexity index is 825. The number of hydrogen-bond acceptors (Lipinski definition) is 0. The van der Waals surface area contributed by atoms with Crippen molar-refractivity contribution >= 4 is 65.5 Å². The maximum absolute atomic E-state index is 3.00. The number of rotatable bonds is 6. The molecule has 0 saturated carbocycles. The van der Waals surface area contributed by atoms with Gasteiger partial charge in [-0.1, -0.05) is 135 Å². The number of hydrogen-bond donors (Lipinski definition) is 0. The first-order chi connectivity index (χ1) is 16.2. The topological polar surface area (TPSA) is 0 Å². The van der Waals surface area contributed by atoms with Crippen LogP contribution in [0.3, 0.4) is 0 Å². The summed E-state index contributed by atoms with van der Waals surface area (Å²) >= 11 is 6.00. The van der Waals surface area contributed by atoms with Crippen molar-refractivity contribution in [1.82, 2.24) is 0 Å². The first-order valence-corrected chi connectivity index (χ1v) is 18.8.